The number of nitrogens with one attached hydrogen (secondary N) is 3. The van der Waals surface area contributed by atoms with E-state index in [9.17, 15) is 14.4 Å². The van der Waals surface area contributed by atoms with Crippen LogP contribution in [0.25, 0.3) is 10.9 Å². The Morgan fingerprint density at radius 2 is 2.10 bits per heavy atom. The molecule has 1 aromatic heterocycles. The third-order valence-corrected chi connectivity index (χ3v) is 6.26. The number of carbonyl (C=O) groups excluding carboxylic acids is 1. The van der Waals surface area contributed by atoms with Crippen molar-refractivity contribution in [2.24, 2.45) is 4.99 Å². The van der Waals surface area contributed by atoms with Gasteiger partial charge < -0.3 is 20.7 Å². The molecule has 8 nitrogen and oxygen atoms in total. The maximum atomic E-state index is 13.7. The number of piperidine rings is 1. The van der Waals surface area contributed by atoms with Crippen LogP contribution in [-0.2, 0) is 4.79 Å². The van der Waals surface area contributed by atoms with Gasteiger partial charge in [0.1, 0.15) is 17.6 Å². The minimum atomic E-state index is -0.558. The first-order valence-electron chi connectivity index (χ1n) is 12.2. The molecule has 10 heteroatoms. The van der Waals surface area contributed by atoms with Crippen molar-refractivity contribution in [1.29, 1.82) is 5.26 Å². The number of carbonyl (C=O) groups is 1. The van der Waals surface area contributed by atoms with E-state index in [1.54, 1.807) is 37.3 Å². The van der Waals surface area contributed by atoms with Gasteiger partial charge in [-0.25, -0.2) is 4.39 Å². The van der Waals surface area contributed by atoms with Gasteiger partial charge in [0, 0.05) is 35.6 Å². The van der Waals surface area contributed by atoms with Gasteiger partial charge in [-0.05, 0) is 76.0 Å². The van der Waals surface area contributed by atoms with Gasteiger partial charge in [0.05, 0.1) is 27.5 Å². The van der Waals surface area contributed by atoms with Crippen LogP contribution in [0.15, 0.2) is 77.3 Å². The van der Waals surface area contributed by atoms with Gasteiger partial charge in [-0.3, -0.25) is 14.8 Å². The van der Waals surface area contributed by atoms with Crippen LogP contribution in [-0.4, -0.2) is 30.7 Å². The van der Waals surface area contributed by atoms with Crippen LogP contribution in [0.1, 0.15) is 25.3 Å². The molecular formula is C29H26ClFN6O2. The average Bonchev–Trinajstić information content (AvgIpc) is 2.94. The van der Waals surface area contributed by atoms with Crippen LogP contribution in [0.3, 0.4) is 0 Å². The number of benzene rings is 2. The van der Waals surface area contributed by atoms with E-state index in [1.807, 2.05) is 0 Å². The molecule has 0 spiro atoms. The SMILES string of the molecule is C=N/C=C\C(=C/C)Oc1cc2ncc(C#N)c(Nc3ccc(F)c(Cl)c3)c2cc1NC(=O)C=C1CCNCC1. The van der Waals surface area contributed by atoms with Crippen LogP contribution in [0.2, 0.25) is 5.02 Å². The largest absolute Gasteiger partial charge is 0.455 e. The second kappa shape index (κ2) is 12.8. The minimum absolute atomic E-state index is 0.0626. The highest BCUT2D eigenvalue weighted by Gasteiger charge is 2.17. The number of aliphatic imine (C=N–C) groups is 1. The summed E-state index contributed by atoms with van der Waals surface area (Å²) in [6.45, 7) is 6.88. The van der Waals surface area contributed by atoms with Gasteiger partial charge >= 0.3 is 0 Å². The van der Waals surface area contributed by atoms with Crippen molar-refractivity contribution >= 4 is 52.2 Å². The molecule has 1 aliphatic rings. The van der Waals surface area contributed by atoms with E-state index in [1.165, 1.54) is 30.6 Å². The third-order valence-electron chi connectivity index (χ3n) is 5.97. The summed E-state index contributed by atoms with van der Waals surface area (Å²) in [6.07, 6.45) is 9.49. The number of pyridine rings is 1. The number of nitrogens with zero attached hydrogens (tertiary/aromatic N) is 3. The summed E-state index contributed by atoms with van der Waals surface area (Å²) < 4.78 is 19.8. The molecule has 1 fully saturated rings. The summed E-state index contributed by atoms with van der Waals surface area (Å²) in [4.78, 5) is 21.2. The molecular weight excluding hydrogens is 519 g/mol. The predicted octanol–water partition coefficient (Wildman–Crippen LogP) is 6.39. The number of aromatic nitrogens is 1. The van der Waals surface area contributed by atoms with Crippen LogP contribution >= 0.6 is 11.6 Å². The van der Waals surface area contributed by atoms with E-state index in [0.717, 1.165) is 31.5 Å². The molecule has 0 atom stereocenters. The summed E-state index contributed by atoms with van der Waals surface area (Å²) in [5.41, 5.74) is 3.06. The number of amides is 1. The van der Waals surface area contributed by atoms with Crippen molar-refractivity contribution < 1.29 is 13.9 Å². The zero-order valence-corrected chi connectivity index (χ0v) is 22.0. The van der Waals surface area contributed by atoms with Crippen molar-refractivity contribution in [2.75, 3.05) is 23.7 Å². The first kappa shape index (κ1) is 27.5. The Labute approximate surface area is 230 Å². The van der Waals surface area contributed by atoms with E-state index in [2.05, 4.69) is 38.7 Å². The second-order valence-corrected chi connectivity index (χ2v) is 9.02. The van der Waals surface area contributed by atoms with E-state index in [-0.39, 0.29) is 16.5 Å². The lowest BCUT2D eigenvalue weighted by molar-refractivity contribution is -0.112. The monoisotopic (exact) mass is 544 g/mol. The topological polar surface area (TPSA) is 111 Å². The number of hydrogen-bond acceptors (Lipinski definition) is 7. The highest BCUT2D eigenvalue weighted by molar-refractivity contribution is 6.31. The number of fused-ring (bicyclic) bond motifs is 1. The summed E-state index contributed by atoms with van der Waals surface area (Å²) in [5.74, 6) is -0.0423. The van der Waals surface area contributed by atoms with Crippen molar-refractivity contribution in [1.82, 2.24) is 10.3 Å². The lowest BCUT2D eigenvalue weighted by Gasteiger charge is -2.17. The standard InChI is InChI=1S/C29H26ClFN6O2/c1-3-21(8-9-33-2)39-27-15-25-22(14-26(27)37-28(38)12-18-6-10-34-11-7-18)29(19(16-32)17-35-25)36-20-4-5-24(31)23(30)13-20/h3-5,8-9,12-15,17,34H,2,6-7,10-11H2,1H3,(H,35,36)(H,37,38)/b9-8-,21-3+. The molecule has 0 unspecified atom stereocenters. The maximum absolute atomic E-state index is 13.7. The first-order valence-corrected chi connectivity index (χ1v) is 12.6. The molecule has 2 heterocycles. The molecule has 0 bridgehead atoms. The molecule has 0 radical (unpaired) electrons. The molecule has 3 N–H and O–H groups in total. The number of hydrogen-bond donors (Lipinski definition) is 3. The number of rotatable bonds is 8. The molecule has 0 aliphatic carbocycles. The lowest BCUT2D eigenvalue weighted by atomic mass is 10.0. The summed E-state index contributed by atoms with van der Waals surface area (Å²) >= 11 is 5.97. The second-order valence-electron chi connectivity index (χ2n) is 8.61. The molecule has 1 aliphatic heterocycles. The number of nitriles is 1. The normalized spacial score (nSPS) is 13.7. The minimum Gasteiger partial charge on any atom is -0.455 e. The summed E-state index contributed by atoms with van der Waals surface area (Å²) in [5, 5.41) is 19.6. The Kier molecular flexibility index (Phi) is 9.05. The Morgan fingerprint density at radius 3 is 2.79 bits per heavy atom. The highest BCUT2D eigenvalue weighted by atomic mass is 35.5. The van der Waals surface area contributed by atoms with Gasteiger partial charge in [-0.15, -0.1) is 0 Å². The van der Waals surface area contributed by atoms with Gasteiger partial charge in [0.25, 0.3) is 0 Å². The van der Waals surface area contributed by atoms with Crippen molar-refractivity contribution in [3.05, 3.63) is 88.7 Å². The first-order chi connectivity index (χ1) is 18.9. The summed E-state index contributed by atoms with van der Waals surface area (Å²) in [7, 11) is 0. The number of anilines is 3. The number of halogens is 2. The fourth-order valence-electron chi connectivity index (χ4n) is 4.03. The quantitative estimate of drug-likeness (QED) is 0.131. The van der Waals surface area contributed by atoms with Gasteiger partial charge in [0.2, 0.25) is 5.91 Å². The molecule has 39 heavy (non-hydrogen) atoms. The zero-order chi connectivity index (χ0) is 27.8. The molecule has 2 aromatic carbocycles. The number of allylic oxidation sites excluding steroid dienone is 2. The van der Waals surface area contributed by atoms with Crippen LogP contribution in [0.4, 0.5) is 21.5 Å². The lowest BCUT2D eigenvalue weighted by Crippen LogP contribution is -2.24. The van der Waals surface area contributed by atoms with Crippen LogP contribution in [0, 0.1) is 17.1 Å². The predicted molar refractivity (Wildman–Crippen MR) is 153 cm³/mol. The van der Waals surface area contributed by atoms with Crippen LogP contribution in [0.5, 0.6) is 5.75 Å². The van der Waals surface area contributed by atoms with E-state index >= 15 is 0 Å². The third kappa shape index (κ3) is 6.87. The van der Waals surface area contributed by atoms with Gasteiger partial charge in [-0.2, -0.15) is 5.26 Å². The Balaban J connectivity index is 1.81. The van der Waals surface area contributed by atoms with Gasteiger partial charge in [0.15, 0.2) is 5.75 Å². The Morgan fingerprint density at radius 1 is 1.31 bits per heavy atom. The maximum Gasteiger partial charge on any atom is 0.248 e. The van der Waals surface area contributed by atoms with E-state index in [0.29, 0.717) is 39.5 Å². The Bertz CT molecular complexity index is 1550. The molecule has 1 amide bonds. The molecule has 0 saturated carbocycles. The van der Waals surface area contributed by atoms with Crippen LogP contribution < -0.4 is 20.7 Å². The highest BCUT2D eigenvalue weighted by Crippen LogP contribution is 2.37. The molecule has 3 aromatic rings. The van der Waals surface area contributed by atoms with E-state index in [4.69, 9.17) is 16.3 Å². The van der Waals surface area contributed by atoms with Crippen molar-refractivity contribution in [3.63, 3.8) is 0 Å². The summed E-state index contributed by atoms with van der Waals surface area (Å²) in [6, 6.07) is 9.66. The Hall–Kier alpha value is -4.52. The van der Waals surface area contributed by atoms with E-state index < -0.39 is 5.82 Å². The number of ether oxygens (including phenoxy) is 1. The molecule has 1 saturated heterocycles. The smallest absolute Gasteiger partial charge is 0.248 e. The van der Waals surface area contributed by atoms with Crippen molar-refractivity contribution in [2.45, 2.75) is 19.8 Å². The average molecular weight is 545 g/mol. The fourth-order valence-corrected chi connectivity index (χ4v) is 4.21. The van der Waals surface area contributed by atoms with Gasteiger partial charge in [-0.1, -0.05) is 17.2 Å². The van der Waals surface area contributed by atoms with Crippen molar-refractivity contribution in [3.8, 4) is 11.8 Å². The fraction of sp³-hybridized carbons (Fsp3) is 0.172. The zero-order valence-electron chi connectivity index (χ0n) is 21.2. The molecule has 4 rings (SSSR count). The molecule has 198 valence electrons.